The van der Waals surface area contributed by atoms with Gasteiger partial charge in [0.2, 0.25) is 5.95 Å². The van der Waals surface area contributed by atoms with Gasteiger partial charge in [0.05, 0.1) is 35.9 Å². The van der Waals surface area contributed by atoms with Crippen molar-refractivity contribution in [1.29, 1.82) is 0 Å². The van der Waals surface area contributed by atoms with Crippen LogP contribution in [0.5, 0.6) is 0 Å². The molecule has 2 aromatic rings. The molecule has 2 fully saturated rings. The maximum Gasteiger partial charge on any atom is 0.290 e. The third kappa shape index (κ3) is 3.19. The normalized spacial score (nSPS) is 26.2. The Morgan fingerprint density at radius 2 is 1.78 bits per heavy atom. The number of rotatable bonds is 4. The van der Waals surface area contributed by atoms with Crippen molar-refractivity contribution in [2.45, 2.75) is 36.3 Å². The van der Waals surface area contributed by atoms with Crippen LogP contribution in [0.1, 0.15) is 23.2 Å². The Morgan fingerprint density at radius 3 is 2.34 bits per heavy atom. The zero-order valence-electron chi connectivity index (χ0n) is 16.7. The van der Waals surface area contributed by atoms with Crippen LogP contribution in [0.15, 0.2) is 24.3 Å². The van der Waals surface area contributed by atoms with E-state index < -0.39 is 58.5 Å². The molecule has 12 heteroatoms. The lowest BCUT2D eigenvalue weighted by Crippen LogP contribution is -2.67. The van der Waals surface area contributed by atoms with Crippen LogP contribution in [-0.4, -0.2) is 60.1 Å². The minimum Gasteiger partial charge on any atom is -0.394 e. The van der Waals surface area contributed by atoms with Crippen molar-refractivity contribution in [2.75, 3.05) is 29.6 Å². The van der Waals surface area contributed by atoms with E-state index in [-0.39, 0.29) is 35.1 Å². The topological polar surface area (TPSA) is 109 Å². The molecule has 0 amide bonds. The fourth-order valence-electron chi connectivity index (χ4n) is 4.65. The molecule has 2 aliphatic heterocycles. The van der Waals surface area contributed by atoms with Crippen molar-refractivity contribution in [3.05, 3.63) is 41.1 Å². The summed E-state index contributed by atoms with van der Waals surface area (Å²) >= 11 is 0. The molecule has 7 nitrogen and oxygen atoms in total. The van der Waals surface area contributed by atoms with Crippen LogP contribution < -0.4 is 10.6 Å². The highest BCUT2D eigenvalue weighted by Crippen LogP contribution is 2.46. The number of hydrogen-bond acceptors (Lipinski definition) is 7. The fraction of sp³-hybridized carbons (Fsp3) is 0.500. The quantitative estimate of drug-likeness (QED) is 0.651. The van der Waals surface area contributed by atoms with Gasteiger partial charge in [0, 0.05) is 17.5 Å². The first-order valence-electron chi connectivity index (χ1n) is 10.0. The van der Waals surface area contributed by atoms with Gasteiger partial charge in [0.1, 0.15) is 11.7 Å². The SMILES string of the molecule is NC1(c2ccc(-c3nc(N4CC(F)(F)[C@@H]4CO)nc4c3CCC4(F)F)cc2)CS(=O)(=O)C1. The summed E-state index contributed by atoms with van der Waals surface area (Å²) in [5.41, 5.74) is 6.16. The number of halogens is 4. The highest BCUT2D eigenvalue weighted by atomic mass is 32.2. The van der Waals surface area contributed by atoms with E-state index >= 15 is 0 Å². The second kappa shape index (κ2) is 6.61. The maximum atomic E-state index is 14.5. The fourth-order valence-corrected chi connectivity index (χ4v) is 6.47. The number of anilines is 1. The third-order valence-corrected chi connectivity index (χ3v) is 8.30. The summed E-state index contributed by atoms with van der Waals surface area (Å²) in [7, 11) is -3.17. The second-order valence-electron chi connectivity index (χ2n) is 8.76. The lowest BCUT2D eigenvalue weighted by atomic mass is 9.92. The van der Waals surface area contributed by atoms with Gasteiger partial charge in [-0.1, -0.05) is 24.3 Å². The average Bonchev–Trinajstić information content (AvgIpc) is 2.99. The van der Waals surface area contributed by atoms with Crippen molar-refractivity contribution >= 4 is 15.8 Å². The molecule has 1 aromatic heterocycles. The summed E-state index contributed by atoms with van der Waals surface area (Å²) in [6.07, 6.45) is -0.437. The molecule has 1 atom stereocenters. The molecule has 0 radical (unpaired) electrons. The van der Waals surface area contributed by atoms with E-state index in [9.17, 15) is 31.1 Å². The van der Waals surface area contributed by atoms with Gasteiger partial charge in [0.25, 0.3) is 11.8 Å². The van der Waals surface area contributed by atoms with Crippen LogP contribution in [0.4, 0.5) is 23.5 Å². The van der Waals surface area contributed by atoms with Gasteiger partial charge in [-0.3, -0.25) is 0 Å². The number of alkyl halides is 4. The van der Waals surface area contributed by atoms with Gasteiger partial charge < -0.3 is 15.7 Å². The van der Waals surface area contributed by atoms with Crippen LogP contribution in [-0.2, 0) is 27.7 Å². The molecule has 3 heterocycles. The second-order valence-corrected chi connectivity index (χ2v) is 10.8. The van der Waals surface area contributed by atoms with E-state index in [2.05, 4.69) is 9.97 Å². The van der Waals surface area contributed by atoms with E-state index in [1.165, 1.54) is 0 Å². The molecule has 0 spiro atoms. The molecule has 0 bridgehead atoms. The van der Waals surface area contributed by atoms with Crippen LogP contribution in [0.25, 0.3) is 11.3 Å². The van der Waals surface area contributed by atoms with Crippen LogP contribution >= 0.6 is 0 Å². The molecular weight excluding hydrogens is 452 g/mol. The zero-order valence-corrected chi connectivity index (χ0v) is 17.5. The number of aliphatic hydroxyl groups excluding tert-OH is 1. The molecule has 32 heavy (non-hydrogen) atoms. The van der Waals surface area contributed by atoms with Gasteiger partial charge in [0.15, 0.2) is 9.84 Å². The maximum absolute atomic E-state index is 14.5. The van der Waals surface area contributed by atoms with Crippen LogP contribution in [0.3, 0.4) is 0 Å². The standard InChI is InChI=1S/C20H20F4N4O3S/c21-19(22)6-5-13-15(11-1-3-12(4-2-11)18(25)9-32(30,31)10-18)26-17(27-16(13)19)28-8-20(23,24)14(28)7-29/h1-4,14,29H,5-10,25H2/t14-/m0/s1. The molecule has 3 aliphatic rings. The Kier molecular flexibility index (Phi) is 4.45. The molecule has 0 unspecified atom stereocenters. The summed E-state index contributed by atoms with van der Waals surface area (Å²) in [5.74, 6) is -7.02. The number of nitrogens with zero attached hydrogens (tertiary/aromatic N) is 3. The molecule has 1 aliphatic carbocycles. The molecule has 5 rings (SSSR count). The summed E-state index contributed by atoms with van der Waals surface area (Å²) in [4.78, 5) is 9.26. The molecule has 0 saturated carbocycles. The van der Waals surface area contributed by atoms with E-state index in [0.29, 0.717) is 11.1 Å². The number of sulfone groups is 1. The lowest BCUT2D eigenvalue weighted by Gasteiger charge is -2.46. The van der Waals surface area contributed by atoms with Gasteiger partial charge in [-0.15, -0.1) is 0 Å². The Hall–Kier alpha value is -2.31. The number of aromatic nitrogens is 2. The highest BCUT2D eigenvalue weighted by molar-refractivity contribution is 7.93. The number of benzene rings is 1. The van der Waals surface area contributed by atoms with E-state index in [1.54, 1.807) is 24.3 Å². The molecule has 3 N–H and O–H groups in total. The number of fused-ring (bicyclic) bond motifs is 1. The predicted molar refractivity (Wildman–Crippen MR) is 107 cm³/mol. The molecule has 172 valence electrons. The molecule has 2 saturated heterocycles. The average molecular weight is 472 g/mol. The zero-order chi connectivity index (χ0) is 23.1. The first kappa shape index (κ1) is 21.5. The lowest BCUT2D eigenvalue weighted by molar-refractivity contribution is -0.0861. The first-order valence-corrected chi connectivity index (χ1v) is 11.8. The van der Waals surface area contributed by atoms with Crippen molar-refractivity contribution in [3.8, 4) is 11.3 Å². The summed E-state index contributed by atoms with van der Waals surface area (Å²) < 4.78 is 79.6. The highest BCUT2D eigenvalue weighted by Gasteiger charge is 2.56. The van der Waals surface area contributed by atoms with Gasteiger partial charge >= 0.3 is 0 Å². The Labute approximate surface area is 181 Å². The van der Waals surface area contributed by atoms with Crippen molar-refractivity contribution in [1.82, 2.24) is 9.97 Å². The Balaban J connectivity index is 1.55. The van der Waals surface area contributed by atoms with E-state index in [4.69, 9.17) is 5.73 Å². The van der Waals surface area contributed by atoms with Gasteiger partial charge in [-0.05, 0) is 12.0 Å². The predicted octanol–water partition coefficient (Wildman–Crippen LogP) is 1.58. The summed E-state index contributed by atoms with van der Waals surface area (Å²) in [6, 6.07) is 4.88. The number of nitrogens with two attached hydrogens (primary N) is 1. The summed E-state index contributed by atoms with van der Waals surface area (Å²) in [6.45, 7) is -1.64. The minimum absolute atomic E-state index is 0.0261. The van der Waals surface area contributed by atoms with Crippen LogP contribution in [0, 0.1) is 0 Å². The van der Waals surface area contributed by atoms with Gasteiger partial charge in [-0.25, -0.2) is 27.2 Å². The first-order chi connectivity index (χ1) is 14.9. The van der Waals surface area contributed by atoms with E-state index in [0.717, 1.165) is 4.90 Å². The monoisotopic (exact) mass is 472 g/mol. The Morgan fingerprint density at radius 1 is 1.12 bits per heavy atom. The van der Waals surface area contributed by atoms with Crippen molar-refractivity contribution < 1.29 is 31.1 Å². The number of hydrogen-bond donors (Lipinski definition) is 2. The summed E-state index contributed by atoms with van der Waals surface area (Å²) in [5, 5.41) is 9.33. The van der Waals surface area contributed by atoms with Crippen LogP contribution in [0.2, 0.25) is 0 Å². The Bertz CT molecular complexity index is 1190. The largest absolute Gasteiger partial charge is 0.394 e. The van der Waals surface area contributed by atoms with Crippen molar-refractivity contribution in [2.24, 2.45) is 5.73 Å². The number of aliphatic hydroxyl groups is 1. The molecular formula is C20H20F4N4O3S. The third-order valence-electron chi connectivity index (χ3n) is 6.39. The van der Waals surface area contributed by atoms with E-state index in [1.807, 2.05) is 0 Å². The van der Waals surface area contributed by atoms with Gasteiger partial charge in [-0.2, -0.15) is 8.78 Å². The smallest absolute Gasteiger partial charge is 0.290 e. The molecule has 1 aromatic carbocycles. The van der Waals surface area contributed by atoms with Crippen molar-refractivity contribution in [3.63, 3.8) is 0 Å². The minimum atomic E-state index is -3.22.